The van der Waals surface area contributed by atoms with E-state index in [0.29, 0.717) is 21.3 Å². The minimum absolute atomic E-state index is 0. The van der Waals surface area contributed by atoms with Gasteiger partial charge < -0.3 is 24.8 Å². The number of nitrogens with one attached hydrogen (secondary N) is 4. The second-order valence-corrected chi connectivity index (χ2v) is 55.5. The van der Waals surface area contributed by atoms with Crippen molar-refractivity contribution >= 4 is 99.9 Å². The number of imidazole rings is 2. The number of benzene rings is 2. The SMILES string of the molecule is Cc1cccc(C(C)c2c[nH+]c[nH]2)c1C.Cc1cccc(C(C)c2c[nH+]c[nH]2)c1C.[Cl-].[Cl-].[I][V]([I])[I].[I][V][I]. The Morgan fingerprint density at radius 2 is 1.00 bits per heavy atom. The van der Waals surface area contributed by atoms with Crippen LogP contribution in [0.5, 0.6) is 0 Å². The van der Waals surface area contributed by atoms with E-state index in [1.165, 1.54) is 44.8 Å². The van der Waals surface area contributed by atoms with Crippen LogP contribution in [-0.4, -0.2) is 9.97 Å². The first-order valence-corrected chi connectivity index (χ1v) is 34.0. The molecule has 217 valence electrons. The van der Waals surface area contributed by atoms with Crippen LogP contribution in [0.1, 0.15) is 70.5 Å². The van der Waals surface area contributed by atoms with Crippen molar-refractivity contribution in [2.24, 2.45) is 0 Å². The molecular weight excluding hydrogens is 1180 g/mol. The van der Waals surface area contributed by atoms with Crippen molar-refractivity contribution in [3.63, 3.8) is 0 Å². The van der Waals surface area contributed by atoms with E-state index in [4.69, 9.17) is 0 Å². The third-order valence-corrected chi connectivity index (χ3v) is 6.28. The minimum atomic E-state index is -0.278. The van der Waals surface area contributed by atoms with Gasteiger partial charge in [-0.25, -0.2) is 9.97 Å². The molecule has 0 spiro atoms. The zero-order valence-electron chi connectivity index (χ0n) is 22.5. The number of hydrogen-bond acceptors (Lipinski definition) is 0. The third kappa shape index (κ3) is 16.2. The van der Waals surface area contributed by atoms with Crippen molar-refractivity contribution in [1.29, 1.82) is 0 Å². The van der Waals surface area contributed by atoms with Crippen molar-refractivity contribution in [3.8, 4) is 0 Å². The summed E-state index contributed by atoms with van der Waals surface area (Å²) >= 11 is 12.1. The second-order valence-electron chi connectivity index (χ2n) is 8.39. The molecular formula is C26H34Cl2I5N4V2. The molecule has 4 N–H and O–H groups in total. The van der Waals surface area contributed by atoms with Gasteiger partial charge in [0.25, 0.3) is 0 Å². The van der Waals surface area contributed by atoms with Crippen LogP contribution in [0.4, 0.5) is 0 Å². The van der Waals surface area contributed by atoms with Crippen molar-refractivity contribution in [3.05, 3.63) is 106 Å². The first-order chi connectivity index (χ1) is 17.5. The van der Waals surface area contributed by atoms with Crippen molar-refractivity contribution in [2.75, 3.05) is 0 Å². The van der Waals surface area contributed by atoms with E-state index in [1.54, 1.807) is 0 Å². The Hall–Kier alpha value is 2.26. The van der Waals surface area contributed by atoms with Gasteiger partial charge in [0, 0.05) is 11.8 Å². The Balaban J connectivity index is 0. The number of halogens is 7. The van der Waals surface area contributed by atoms with Crippen LogP contribution < -0.4 is 34.8 Å². The Morgan fingerprint density at radius 1 is 0.692 bits per heavy atom. The van der Waals surface area contributed by atoms with Crippen LogP contribution in [0, 0.1) is 27.7 Å². The van der Waals surface area contributed by atoms with Gasteiger partial charge in [-0.3, -0.25) is 9.97 Å². The second kappa shape index (κ2) is 24.6. The first kappa shape index (κ1) is 43.4. The summed E-state index contributed by atoms with van der Waals surface area (Å²) < 4.78 is 0. The van der Waals surface area contributed by atoms with Crippen molar-refractivity contribution < 1.29 is 49.2 Å². The van der Waals surface area contributed by atoms with Gasteiger partial charge in [0.05, 0.1) is 0 Å². The van der Waals surface area contributed by atoms with Gasteiger partial charge in [-0.05, 0) is 61.1 Å². The fourth-order valence-corrected chi connectivity index (χ4v) is 3.92. The summed E-state index contributed by atoms with van der Waals surface area (Å²) in [6, 6.07) is 13.0. The molecule has 0 radical (unpaired) electrons. The predicted molar refractivity (Wildman–Crippen MR) is 192 cm³/mol. The van der Waals surface area contributed by atoms with E-state index in [1.807, 2.05) is 25.0 Å². The van der Waals surface area contributed by atoms with Crippen LogP contribution in [0.15, 0.2) is 61.4 Å². The van der Waals surface area contributed by atoms with E-state index in [-0.39, 0.29) is 29.7 Å². The number of H-pyrrole nitrogens is 4. The van der Waals surface area contributed by atoms with Crippen LogP contribution in [0.2, 0.25) is 0 Å². The topological polar surface area (TPSA) is 59.9 Å². The Labute approximate surface area is 313 Å². The number of aromatic amines is 4. The normalized spacial score (nSPS) is 11.1. The molecule has 13 heteroatoms. The van der Waals surface area contributed by atoms with E-state index in [9.17, 15) is 0 Å². The molecule has 2 atom stereocenters. The molecule has 4 aromatic rings. The molecule has 4 rings (SSSR count). The molecule has 39 heavy (non-hydrogen) atoms. The summed E-state index contributed by atoms with van der Waals surface area (Å²) in [6.07, 6.45) is 7.76. The van der Waals surface area contributed by atoms with Gasteiger partial charge in [-0.1, -0.05) is 50.2 Å². The number of rotatable bonds is 4. The summed E-state index contributed by atoms with van der Waals surface area (Å²) in [5.74, 6) is 0.826. The molecule has 2 aromatic carbocycles. The molecule has 2 unspecified atom stereocenters. The Bertz CT molecular complexity index is 1080. The van der Waals surface area contributed by atoms with Gasteiger partial charge in [0.1, 0.15) is 23.8 Å². The quantitative estimate of drug-likeness (QED) is 0.294. The molecule has 0 amide bonds. The average molecular weight is 1210 g/mol. The maximum atomic E-state index is 3.23. The maximum absolute atomic E-state index is 3.23. The fraction of sp³-hybridized carbons (Fsp3) is 0.308. The van der Waals surface area contributed by atoms with Gasteiger partial charge in [0.2, 0.25) is 12.7 Å². The standard InChI is InChI=1S/2C13H16N2.2ClH.5HI.2V/c2*1-9-5-4-6-12(10(9)2)11(3)13-7-14-8-15-13;;;;;;;;;/h2*4-8,11H,1-3H3,(H,14,15);7*1H;;/q;;;;;;;;;+2;+3/p-5. The summed E-state index contributed by atoms with van der Waals surface area (Å²) in [5.41, 5.74) is 10.7. The number of hydrogen-bond donors (Lipinski definition) is 2. The first-order valence-electron chi connectivity index (χ1n) is 11.5. The van der Waals surface area contributed by atoms with Gasteiger partial charge >= 0.3 is 114 Å². The fourth-order valence-electron chi connectivity index (χ4n) is 3.92. The summed E-state index contributed by atoms with van der Waals surface area (Å²) in [6.45, 7) is 13.1. The molecule has 2 aromatic heterocycles. The number of aryl methyl sites for hydroxylation is 2. The molecule has 0 bridgehead atoms. The molecule has 2 heterocycles. The third-order valence-electron chi connectivity index (χ3n) is 6.28. The van der Waals surface area contributed by atoms with Crippen molar-refractivity contribution in [2.45, 2.75) is 53.4 Å². The van der Waals surface area contributed by atoms with Gasteiger partial charge in [-0.2, -0.15) is 0 Å². The van der Waals surface area contributed by atoms with E-state index in [0.717, 1.165) is 0 Å². The van der Waals surface area contributed by atoms with E-state index in [2.05, 4.69) is 198 Å². The Morgan fingerprint density at radius 3 is 1.26 bits per heavy atom. The molecule has 0 saturated heterocycles. The summed E-state index contributed by atoms with van der Waals surface area (Å²) in [5, 5.41) is 0. The van der Waals surface area contributed by atoms with E-state index >= 15 is 0 Å². The van der Waals surface area contributed by atoms with E-state index < -0.39 is 0 Å². The van der Waals surface area contributed by atoms with Gasteiger partial charge in [-0.15, -0.1) is 0 Å². The van der Waals surface area contributed by atoms with Crippen molar-refractivity contribution in [1.82, 2.24) is 9.97 Å². The molecule has 0 saturated carbocycles. The van der Waals surface area contributed by atoms with Crippen LogP contribution in [0.3, 0.4) is 0 Å². The average Bonchev–Trinajstić information content (AvgIpc) is 3.57. The van der Waals surface area contributed by atoms with Crippen LogP contribution in [0.25, 0.3) is 0 Å². The predicted octanol–water partition coefficient (Wildman–Crippen LogP) is 3.63. The molecule has 0 aliphatic carbocycles. The molecule has 0 aliphatic heterocycles. The van der Waals surface area contributed by atoms with Crippen LogP contribution >= 0.6 is 99.9 Å². The zero-order chi connectivity index (χ0) is 28.0. The molecule has 4 nitrogen and oxygen atoms in total. The zero-order valence-corrected chi connectivity index (χ0v) is 37.6. The summed E-state index contributed by atoms with van der Waals surface area (Å²) in [7, 11) is 0.628. The number of aromatic nitrogens is 4. The molecule has 0 fully saturated rings. The molecule has 0 aliphatic rings. The van der Waals surface area contributed by atoms with Gasteiger partial charge in [0.15, 0.2) is 0 Å². The summed E-state index contributed by atoms with van der Waals surface area (Å²) in [4.78, 5) is 12.3. The Kier molecular flexibility index (Phi) is 27.3. The monoisotopic (exact) mass is 1210 g/mol. The van der Waals surface area contributed by atoms with Crippen LogP contribution in [-0.2, 0) is 14.4 Å².